The third-order valence-corrected chi connectivity index (χ3v) is 3.36. The van der Waals surface area contributed by atoms with Crippen molar-refractivity contribution in [1.82, 2.24) is 4.98 Å². The van der Waals surface area contributed by atoms with Gasteiger partial charge in [-0.1, -0.05) is 6.92 Å². The van der Waals surface area contributed by atoms with Crippen LogP contribution in [0.25, 0.3) is 0 Å². The number of nitrogens with zero attached hydrogens (tertiary/aromatic N) is 1. The average molecular weight is 232 g/mol. The molecule has 17 heavy (non-hydrogen) atoms. The van der Waals surface area contributed by atoms with Crippen LogP contribution in [0.2, 0.25) is 0 Å². The molecule has 2 rings (SSSR count). The van der Waals surface area contributed by atoms with Crippen molar-refractivity contribution in [3.05, 3.63) is 32.7 Å². The predicted molar refractivity (Wildman–Crippen MR) is 63.7 cm³/mol. The highest BCUT2D eigenvalue weighted by Crippen LogP contribution is 2.28. The zero-order chi connectivity index (χ0) is 12.4. The normalized spacial score (nSPS) is 18.5. The fourth-order valence-electron chi connectivity index (χ4n) is 2.49. The fraction of sp³-hybridized carbons (Fsp3) is 0.538. The van der Waals surface area contributed by atoms with Crippen LogP contribution in [0.3, 0.4) is 0 Å². The fourth-order valence-corrected chi connectivity index (χ4v) is 2.49. The molecule has 1 unspecified atom stereocenters. The van der Waals surface area contributed by atoms with E-state index in [0.717, 1.165) is 36.1 Å². The molecule has 0 aliphatic heterocycles. The van der Waals surface area contributed by atoms with Crippen molar-refractivity contribution >= 4 is 0 Å². The summed E-state index contributed by atoms with van der Waals surface area (Å²) in [6, 6.07) is 2.02. The number of aromatic amines is 1. The Balaban J connectivity index is 2.62. The highest BCUT2D eigenvalue weighted by atomic mass is 16.5. The van der Waals surface area contributed by atoms with E-state index in [1.54, 1.807) is 7.11 Å². The lowest BCUT2D eigenvalue weighted by molar-refractivity contribution is 0.180. The number of rotatable bonds is 2. The Hall–Kier alpha value is -1.60. The van der Waals surface area contributed by atoms with E-state index in [9.17, 15) is 4.79 Å². The van der Waals surface area contributed by atoms with E-state index in [2.05, 4.69) is 11.9 Å². The molecule has 1 aliphatic rings. The molecule has 1 atom stereocenters. The van der Waals surface area contributed by atoms with Gasteiger partial charge in [0, 0.05) is 12.8 Å². The quantitative estimate of drug-likeness (QED) is 0.840. The molecule has 1 aliphatic carbocycles. The maximum atomic E-state index is 11.8. The Morgan fingerprint density at radius 2 is 2.29 bits per heavy atom. The molecular formula is C13H16N2O2. The van der Waals surface area contributed by atoms with Crippen LogP contribution >= 0.6 is 0 Å². The summed E-state index contributed by atoms with van der Waals surface area (Å²) in [6.07, 6.45) is 2.77. The van der Waals surface area contributed by atoms with Gasteiger partial charge in [0.1, 0.15) is 11.6 Å². The van der Waals surface area contributed by atoms with Crippen LogP contribution in [0.1, 0.15) is 35.7 Å². The van der Waals surface area contributed by atoms with Gasteiger partial charge in [-0.05, 0) is 36.3 Å². The van der Waals surface area contributed by atoms with Gasteiger partial charge >= 0.3 is 0 Å². The molecule has 0 saturated carbocycles. The minimum Gasteiger partial charge on any atom is -0.378 e. The van der Waals surface area contributed by atoms with Crippen molar-refractivity contribution in [2.24, 2.45) is 5.92 Å². The van der Waals surface area contributed by atoms with Gasteiger partial charge in [0.2, 0.25) is 0 Å². The molecule has 0 radical (unpaired) electrons. The summed E-state index contributed by atoms with van der Waals surface area (Å²) in [7, 11) is 1.61. The van der Waals surface area contributed by atoms with Crippen molar-refractivity contribution in [2.45, 2.75) is 32.8 Å². The van der Waals surface area contributed by atoms with E-state index in [1.165, 1.54) is 0 Å². The van der Waals surface area contributed by atoms with E-state index < -0.39 is 0 Å². The van der Waals surface area contributed by atoms with Crippen molar-refractivity contribution in [2.75, 3.05) is 7.11 Å². The molecule has 0 fully saturated rings. The summed E-state index contributed by atoms with van der Waals surface area (Å²) in [4.78, 5) is 14.5. The topological polar surface area (TPSA) is 65.9 Å². The molecule has 1 aromatic heterocycles. The summed E-state index contributed by atoms with van der Waals surface area (Å²) >= 11 is 0. The molecule has 0 bridgehead atoms. The summed E-state index contributed by atoms with van der Waals surface area (Å²) in [5.74, 6) is 0.593. The van der Waals surface area contributed by atoms with Crippen LogP contribution in [-0.2, 0) is 24.2 Å². The maximum absolute atomic E-state index is 11.8. The van der Waals surface area contributed by atoms with E-state index in [4.69, 9.17) is 10.00 Å². The Kier molecular flexibility index (Phi) is 3.30. The van der Waals surface area contributed by atoms with Crippen LogP contribution in [-0.4, -0.2) is 12.1 Å². The SMILES string of the molecule is COCc1[nH]c(=O)c(C#N)c2c1CC(C)CC2. The molecule has 90 valence electrons. The smallest absolute Gasteiger partial charge is 0.266 e. The van der Waals surface area contributed by atoms with Crippen molar-refractivity contribution < 1.29 is 4.74 Å². The molecule has 1 aromatic rings. The lowest BCUT2D eigenvalue weighted by atomic mass is 9.82. The number of aromatic nitrogens is 1. The van der Waals surface area contributed by atoms with Gasteiger partial charge in [0.25, 0.3) is 5.56 Å². The van der Waals surface area contributed by atoms with Crippen LogP contribution in [0.15, 0.2) is 4.79 Å². The highest BCUT2D eigenvalue weighted by Gasteiger charge is 2.23. The summed E-state index contributed by atoms with van der Waals surface area (Å²) < 4.78 is 5.10. The van der Waals surface area contributed by atoms with Crippen LogP contribution in [0.5, 0.6) is 0 Å². The maximum Gasteiger partial charge on any atom is 0.266 e. The molecule has 4 heteroatoms. The number of H-pyrrole nitrogens is 1. The average Bonchev–Trinajstić information content (AvgIpc) is 2.30. The van der Waals surface area contributed by atoms with E-state index in [0.29, 0.717) is 12.5 Å². The summed E-state index contributed by atoms with van der Waals surface area (Å²) in [5, 5.41) is 9.06. The largest absolute Gasteiger partial charge is 0.378 e. The Labute approximate surface area is 100 Å². The van der Waals surface area contributed by atoms with Gasteiger partial charge in [0.15, 0.2) is 0 Å². The first-order valence-corrected chi connectivity index (χ1v) is 5.83. The zero-order valence-corrected chi connectivity index (χ0v) is 10.2. The monoisotopic (exact) mass is 232 g/mol. The number of hydrogen-bond acceptors (Lipinski definition) is 3. The number of methoxy groups -OCH3 is 1. The van der Waals surface area contributed by atoms with Gasteiger partial charge in [-0.3, -0.25) is 4.79 Å². The van der Waals surface area contributed by atoms with Gasteiger partial charge in [0.05, 0.1) is 6.61 Å². The third-order valence-electron chi connectivity index (χ3n) is 3.36. The number of nitrogens with one attached hydrogen (secondary N) is 1. The first kappa shape index (κ1) is 11.9. The van der Waals surface area contributed by atoms with Crippen molar-refractivity contribution in [1.29, 1.82) is 5.26 Å². The number of nitriles is 1. The van der Waals surface area contributed by atoms with Crippen LogP contribution < -0.4 is 5.56 Å². The van der Waals surface area contributed by atoms with E-state index in [-0.39, 0.29) is 11.1 Å². The van der Waals surface area contributed by atoms with E-state index in [1.807, 2.05) is 6.07 Å². The van der Waals surface area contributed by atoms with Gasteiger partial charge < -0.3 is 9.72 Å². The molecule has 1 heterocycles. The van der Waals surface area contributed by atoms with Crippen LogP contribution in [0, 0.1) is 17.2 Å². The number of ether oxygens (including phenoxy) is 1. The number of fused-ring (bicyclic) bond motifs is 1. The lowest BCUT2D eigenvalue weighted by Crippen LogP contribution is -2.24. The predicted octanol–water partition coefficient (Wildman–Crippen LogP) is 1.52. The van der Waals surface area contributed by atoms with E-state index >= 15 is 0 Å². The summed E-state index contributed by atoms with van der Waals surface area (Å²) in [6.45, 7) is 2.59. The van der Waals surface area contributed by atoms with Gasteiger partial charge in [-0.2, -0.15) is 5.26 Å². The Morgan fingerprint density at radius 1 is 1.53 bits per heavy atom. The molecular weight excluding hydrogens is 216 g/mol. The number of hydrogen-bond donors (Lipinski definition) is 1. The zero-order valence-electron chi connectivity index (χ0n) is 10.2. The molecule has 0 saturated heterocycles. The Bertz CT molecular complexity index is 525. The standard InChI is InChI=1S/C13H16N2O2/c1-8-3-4-9-10(5-8)12(7-17-2)15-13(16)11(9)6-14/h8H,3-5,7H2,1-2H3,(H,15,16). The van der Waals surface area contributed by atoms with Crippen LogP contribution in [0.4, 0.5) is 0 Å². The third kappa shape index (κ3) is 2.11. The Morgan fingerprint density at radius 3 is 2.94 bits per heavy atom. The molecule has 4 nitrogen and oxygen atoms in total. The molecule has 1 N–H and O–H groups in total. The molecule has 0 amide bonds. The molecule has 0 spiro atoms. The van der Waals surface area contributed by atoms with Gasteiger partial charge in [-0.25, -0.2) is 0 Å². The van der Waals surface area contributed by atoms with Crippen molar-refractivity contribution in [3.63, 3.8) is 0 Å². The molecule has 0 aromatic carbocycles. The second-order valence-corrected chi connectivity index (χ2v) is 4.66. The number of pyridine rings is 1. The first-order valence-electron chi connectivity index (χ1n) is 5.83. The second-order valence-electron chi connectivity index (χ2n) is 4.66. The highest BCUT2D eigenvalue weighted by molar-refractivity contribution is 5.44. The van der Waals surface area contributed by atoms with Crippen molar-refractivity contribution in [3.8, 4) is 6.07 Å². The second kappa shape index (κ2) is 4.72. The first-order chi connectivity index (χ1) is 8.17. The minimum absolute atomic E-state index is 0.284. The summed E-state index contributed by atoms with van der Waals surface area (Å²) in [5.41, 5.74) is 2.88. The lowest BCUT2D eigenvalue weighted by Gasteiger charge is -2.24. The minimum atomic E-state index is -0.284. The van der Waals surface area contributed by atoms with Gasteiger partial charge in [-0.15, -0.1) is 0 Å².